The standard InChI is InChI=1S/C12H8FN3OS3/c13-7-1-2-8-9(5-7)20-11(15-8)16-10(17)6-19-12-14-3-4-18-12/h1-5H,6H2,(H,15,16,17). The molecule has 2 aromatic heterocycles. The van der Waals surface area contributed by atoms with E-state index in [9.17, 15) is 9.18 Å². The zero-order chi connectivity index (χ0) is 13.9. The topological polar surface area (TPSA) is 54.9 Å². The fourth-order valence-corrected chi connectivity index (χ4v) is 3.86. The van der Waals surface area contributed by atoms with Crippen molar-refractivity contribution in [1.29, 1.82) is 0 Å². The molecule has 0 saturated carbocycles. The van der Waals surface area contributed by atoms with Gasteiger partial charge < -0.3 is 5.32 Å². The monoisotopic (exact) mass is 325 g/mol. The maximum absolute atomic E-state index is 13.1. The van der Waals surface area contributed by atoms with Crippen molar-refractivity contribution in [3.8, 4) is 0 Å². The average molecular weight is 325 g/mol. The number of carbonyl (C=O) groups is 1. The number of rotatable bonds is 4. The highest BCUT2D eigenvalue weighted by molar-refractivity contribution is 8.01. The molecule has 3 rings (SSSR count). The molecule has 4 nitrogen and oxygen atoms in total. The number of thioether (sulfide) groups is 1. The number of anilines is 1. The molecule has 1 N–H and O–H groups in total. The Labute approximate surface area is 126 Å². The summed E-state index contributed by atoms with van der Waals surface area (Å²) >= 11 is 4.13. The van der Waals surface area contributed by atoms with Crippen LogP contribution in [0.15, 0.2) is 34.1 Å². The smallest absolute Gasteiger partial charge is 0.236 e. The van der Waals surface area contributed by atoms with Crippen molar-refractivity contribution in [2.45, 2.75) is 4.34 Å². The molecular weight excluding hydrogens is 317 g/mol. The summed E-state index contributed by atoms with van der Waals surface area (Å²) in [6.07, 6.45) is 1.70. The van der Waals surface area contributed by atoms with Gasteiger partial charge in [-0.25, -0.2) is 14.4 Å². The molecule has 0 aliphatic rings. The minimum atomic E-state index is -0.307. The molecule has 1 amide bonds. The molecule has 0 spiro atoms. The molecule has 0 radical (unpaired) electrons. The van der Waals surface area contributed by atoms with Crippen LogP contribution >= 0.6 is 34.4 Å². The van der Waals surface area contributed by atoms with Crippen molar-refractivity contribution in [3.63, 3.8) is 0 Å². The molecule has 0 fully saturated rings. The van der Waals surface area contributed by atoms with Gasteiger partial charge in [0.25, 0.3) is 0 Å². The van der Waals surface area contributed by atoms with Gasteiger partial charge in [-0.1, -0.05) is 23.1 Å². The number of benzene rings is 1. The molecule has 2 heterocycles. The number of halogens is 1. The largest absolute Gasteiger partial charge is 0.301 e. The predicted molar refractivity (Wildman–Crippen MR) is 81.0 cm³/mol. The number of aromatic nitrogens is 2. The molecule has 0 atom stereocenters. The molecule has 0 unspecified atom stereocenters. The lowest BCUT2D eigenvalue weighted by molar-refractivity contribution is -0.113. The molecule has 3 aromatic rings. The summed E-state index contributed by atoms with van der Waals surface area (Å²) in [6.45, 7) is 0. The van der Waals surface area contributed by atoms with Crippen LogP contribution in [0.2, 0.25) is 0 Å². The number of hydrogen-bond donors (Lipinski definition) is 1. The van der Waals surface area contributed by atoms with E-state index < -0.39 is 0 Å². The summed E-state index contributed by atoms with van der Waals surface area (Å²) in [6, 6.07) is 4.36. The lowest BCUT2D eigenvalue weighted by Crippen LogP contribution is -2.13. The summed E-state index contributed by atoms with van der Waals surface area (Å²) in [5.41, 5.74) is 0.680. The zero-order valence-electron chi connectivity index (χ0n) is 10.00. The van der Waals surface area contributed by atoms with E-state index in [2.05, 4.69) is 15.3 Å². The normalized spacial score (nSPS) is 10.8. The van der Waals surface area contributed by atoms with Gasteiger partial charge in [-0.05, 0) is 18.2 Å². The zero-order valence-corrected chi connectivity index (χ0v) is 12.4. The van der Waals surface area contributed by atoms with Crippen LogP contribution in [0.5, 0.6) is 0 Å². The Morgan fingerprint density at radius 1 is 1.45 bits per heavy atom. The van der Waals surface area contributed by atoms with Crippen molar-refractivity contribution >= 4 is 55.7 Å². The minimum absolute atomic E-state index is 0.148. The van der Waals surface area contributed by atoms with Gasteiger partial charge in [-0.3, -0.25) is 4.79 Å². The Kier molecular flexibility index (Phi) is 3.95. The van der Waals surface area contributed by atoms with Gasteiger partial charge in [-0.15, -0.1) is 11.3 Å². The first-order valence-electron chi connectivity index (χ1n) is 5.59. The maximum atomic E-state index is 13.1. The van der Waals surface area contributed by atoms with Gasteiger partial charge in [0.1, 0.15) is 10.2 Å². The molecule has 8 heteroatoms. The molecule has 102 valence electrons. The van der Waals surface area contributed by atoms with Gasteiger partial charge in [-0.2, -0.15) is 0 Å². The second-order valence-corrected chi connectivity index (χ2v) is 6.91. The Morgan fingerprint density at radius 3 is 3.15 bits per heavy atom. The predicted octanol–water partition coefficient (Wildman–Crippen LogP) is 3.62. The molecule has 1 aromatic carbocycles. The van der Waals surface area contributed by atoms with E-state index >= 15 is 0 Å². The van der Waals surface area contributed by atoms with Gasteiger partial charge in [0, 0.05) is 11.6 Å². The molecule has 0 aliphatic carbocycles. The van der Waals surface area contributed by atoms with Gasteiger partial charge in [0.15, 0.2) is 5.13 Å². The number of nitrogens with one attached hydrogen (secondary N) is 1. The van der Waals surface area contributed by atoms with Crippen LogP contribution in [-0.4, -0.2) is 21.6 Å². The average Bonchev–Trinajstić information content (AvgIpc) is 3.04. The van der Waals surface area contributed by atoms with Crippen LogP contribution in [0, 0.1) is 5.82 Å². The number of hydrogen-bond acceptors (Lipinski definition) is 6. The van der Waals surface area contributed by atoms with E-state index in [0.717, 1.165) is 4.34 Å². The van der Waals surface area contributed by atoms with Gasteiger partial charge in [0.05, 0.1) is 16.0 Å². The Bertz CT molecular complexity index is 742. The van der Waals surface area contributed by atoms with Crippen molar-refractivity contribution in [2.75, 3.05) is 11.1 Å². The highest BCUT2D eigenvalue weighted by atomic mass is 32.2. The maximum Gasteiger partial charge on any atom is 0.236 e. The summed E-state index contributed by atoms with van der Waals surface area (Å²) in [5.74, 6) is -0.180. The molecule has 0 saturated heterocycles. The lowest BCUT2D eigenvalue weighted by Gasteiger charge is -1.98. The van der Waals surface area contributed by atoms with Crippen molar-refractivity contribution < 1.29 is 9.18 Å². The molecule has 0 aliphatic heterocycles. The SMILES string of the molecule is O=C(CSc1nccs1)Nc1nc2ccc(F)cc2s1. The highest BCUT2D eigenvalue weighted by Gasteiger charge is 2.09. The first-order chi connectivity index (χ1) is 9.70. The van der Waals surface area contributed by atoms with E-state index in [1.165, 1.54) is 46.6 Å². The molecular formula is C12H8FN3OS3. The first kappa shape index (κ1) is 13.5. The Morgan fingerprint density at radius 2 is 2.35 bits per heavy atom. The summed E-state index contributed by atoms with van der Waals surface area (Å²) in [4.78, 5) is 20.1. The van der Waals surface area contributed by atoms with Crippen LogP contribution in [-0.2, 0) is 4.79 Å². The van der Waals surface area contributed by atoms with Gasteiger partial charge >= 0.3 is 0 Å². The quantitative estimate of drug-likeness (QED) is 0.744. The lowest BCUT2D eigenvalue weighted by atomic mass is 10.3. The number of amides is 1. The first-order valence-corrected chi connectivity index (χ1v) is 8.27. The number of carbonyl (C=O) groups excluding carboxylic acids is 1. The van der Waals surface area contributed by atoms with Crippen molar-refractivity contribution in [3.05, 3.63) is 35.6 Å². The van der Waals surface area contributed by atoms with Crippen molar-refractivity contribution in [2.24, 2.45) is 0 Å². The summed E-state index contributed by atoms with van der Waals surface area (Å²) < 4.78 is 14.6. The fraction of sp³-hybridized carbons (Fsp3) is 0.0833. The second-order valence-electron chi connectivity index (χ2n) is 3.77. The van der Waals surface area contributed by atoms with E-state index in [4.69, 9.17) is 0 Å². The number of fused-ring (bicyclic) bond motifs is 1. The summed E-state index contributed by atoms with van der Waals surface area (Å²) in [7, 11) is 0. The highest BCUT2D eigenvalue weighted by Crippen LogP contribution is 2.27. The Balaban J connectivity index is 1.65. The minimum Gasteiger partial charge on any atom is -0.301 e. The van der Waals surface area contributed by atoms with Crippen LogP contribution < -0.4 is 5.32 Å². The number of nitrogens with zero attached hydrogens (tertiary/aromatic N) is 2. The molecule has 0 bridgehead atoms. The molecule has 20 heavy (non-hydrogen) atoms. The third-order valence-electron chi connectivity index (χ3n) is 2.33. The van der Waals surface area contributed by atoms with Crippen molar-refractivity contribution in [1.82, 2.24) is 9.97 Å². The third-order valence-corrected chi connectivity index (χ3v) is 5.23. The van der Waals surface area contributed by atoms with Gasteiger partial charge in [0.2, 0.25) is 5.91 Å². The van der Waals surface area contributed by atoms with Crippen LogP contribution in [0.4, 0.5) is 9.52 Å². The van der Waals surface area contributed by atoms with E-state index in [-0.39, 0.29) is 17.5 Å². The second kappa shape index (κ2) is 5.86. The fourth-order valence-electron chi connectivity index (χ4n) is 1.52. The van der Waals surface area contributed by atoms with Crippen LogP contribution in [0.1, 0.15) is 0 Å². The van der Waals surface area contributed by atoms with E-state index in [0.29, 0.717) is 15.3 Å². The number of thiazole rings is 2. The van der Waals surface area contributed by atoms with E-state index in [1.54, 1.807) is 12.3 Å². The Hall–Kier alpha value is -1.51. The summed E-state index contributed by atoms with van der Waals surface area (Å²) in [5, 5.41) is 5.06. The van der Waals surface area contributed by atoms with Crippen LogP contribution in [0.25, 0.3) is 10.2 Å². The van der Waals surface area contributed by atoms with Crippen LogP contribution in [0.3, 0.4) is 0 Å². The van der Waals surface area contributed by atoms with E-state index in [1.807, 2.05) is 5.38 Å². The third kappa shape index (κ3) is 3.14.